The summed E-state index contributed by atoms with van der Waals surface area (Å²) in [6.45, 7) is 0.968. The first kappa shape index (κ1) is 19.2. The van der Waals surface area contributed by atoms with Gasteiger partial charge in [0.25, 0.3) is 0 Å². The summed E-state index contributed by atoms with van der Waals surface area (Å²) in [5, 5.41) is 0. The molecule has 0 aromatic heterocycles. The molecule has 3 nitrogen and oxygen atoms in total. The molecule has 0 unspecified atom stereocenters. The number of hydrogen-bond donors (Lipinski definition) is 0. The Morgan fingerprint density at radius 2 is 1.78 bits per heavy atom. The van der Waals surface area contributed by atoms with Gasteiger partial charge in [-0.05, 0) is 79.9 Å². The summed E-state index contributed by atoms with van der Waals surface area (Å²) in [5.41, 5.74) is 6.57. The Labute approximate surface area is 162 Å². The molecule has 0 spiro atoms. The number of ether oxygens (including phenoxy) is 2. The van der Waals surface area contributed by atoms with Crippen LogP contribution in [0.25, 0.3) is 11.6 Å². The molecule has 27 heavy (non-hydrogen) atoms. The Morgan fingerprint density at radius 3 is 2.52 bits per heavy atom. The lowest BCUT2D eigenvalue weighted by Gasteiger charge is -2.26. The molecule has 0 bridgehead atoms. The van der Waals surface area contributed by atoms with E-state index in [1.165, 1.54) is 28.7 Å². The van der Waals surface area contributed by atoms with Gasteiger partial charge in [-0.25, -0.2) is 0 Å². The third-order valence-corrected chi connectivity index (χ3v) is 4.93. The highest BCUT2D eigenvalue weighted by atomic mass is 16.5. The van der Waals surface area contributed by atoms with Crippen molar-refractivity contribution in [2.75, 3.05) is 34.9 Å². The van der Waals surface area contributed by atoms with Crippen molar-refractivity contribution in [3.05, 3.63) is 70.8 Å². The molecule has 0 heterocycles. The average Bonchev–Trinajstić information content (AvgIpc) is 2.68. The van der Waals surface area contributed by atoms with Crippen molar-refractivity contribution in [3.63, 3.8) is 0 Å². The first-order valence-corrected chi connectivity index (χ1v) is 9.47. The monoisotopic (exact) mass is 363 g/mol. The zero-order valence-electron chi connectivity index (χ0n) is 16.8. The fourth-order valence-corrected chi connectivity index (χ4v) is 3.79. The SMILES string of the molecule is COc1cccc(C2=C(CN(C)C)CCCC2=Cc2ccccc2OC)c1. The van der Waals surface area contributed by atoms with E-state index < -0.39 is 0 Å². The van der Waals surface area contributed by atoms with Crippen LogP contribution in [0.4, 0.5) is 0 Å². The van der Waals surface area contributed by atoms with Gasteiger partial charge >= 0.3 is 0 Å². The first-order valence-electron chi connectivity index (χ1n) is 9.47. The van der Waals surface area contributed by atoms with Crippen LogP contribution in [0.5, 0.6) is 11.5 Å². The van der Waals surface area contributed by atoms with Crippen molar-refractivity contribution in [1.29, 1.82) is 0 Å². The largest absolute Gasteiger partial charge is 0.497 e. The summed E-state index contributed by atoms with van der Waals surface area (Å²) < 4.78 is 11.0. The van der Waals surface area contributed by atoms with Crippen LogP contribution in [0.1, 0.15) is 30.4 Å². The summed E-state index contributed by atoms with van der Waals surface area (Å²) in [4.78, 5) is 2.25. The molecular formula is C24H29NO2. The van der Waals surface area contributed by atoms with Gasteiger partial charge in [0.1, 0.15) is 11.5 Å². The maximum absolute atomic E-state index is 5.57. The van der Waals surface area contributed by atoms with Crippen molar-refractivity contribution < 1.29 is 9.47 Å². The smallest absolute Gasteiger partial charge is 0.126 e. The standard InChI is InChI=1S/C24H29NO2/c1-25(2)17-21-12-7-10-19(15-18-9-5-6-14-23(18)27-4)24(21)20-11-8-13-22(16-20)26-3/h5-6,8-9,11,13-16H,7,10,12,17H2,1-4H3. The van der Waals surface area contributed by atoms with E-state index in [1.54, 1.807) is 14.2 Å². The third-order valence-electron chi connectivity index (χ3n) is 4.93. The molecule has 0 fully saturated rings. The fourth-order valence-electron chi connectivity index (χ4n) is 3.79. The lowest BCUT2D eigenvalue weighted by molar-refractivity contribution is 0.413. The van der Waals surface area contributed by atoms with E-state index >= 15 is 0 Å². The van der Waals surface area contributed by atoms with Gasteiger partial charge in [0, 0.05) is 12.1 Å². The number of likely N-dealkylation sites (N-methyl/N-ethyl adjacent to an activating group) is 1. The molecule has 0 N–H and O–H groups in total. The second kappa shape index (κ2) is 8.92. The molecule has 0 aliphatic heterocycles. The molecular weight excluding hydrogens is 334 g/mol. The molecule has 0 radical (unpaired) electrons. The Morgan fingerprint density at radius 1 is 0.963 bits per heavy atom. The molecule has 1 aliphatic carbocycles. The van der Waals surface area contributed by atoms with Gasteiger partial charge in [0.05, 0.1) is 14.2 Å². The predicted molar refractivity (Wildman–Crippen MR) is 113 cm³/mol. The maximum atomic E-state index is 5.57. The number of methoxy groups -OCH3 is 2. The lowest BCUT2D eigenvalue weighted by Crippen LogP contribution is -2.18. The van der Waals surface area contributed by atoms with E-state index in [4.69, 9.17) is 9.47 Å². The van der Waals surface area contributed by atoms with Crippen LogP contribution < -0.4 is 9.47 Å². The summed E-state index contributed by atoms with van der Waals surface area (Å²) in [6.07, 6.45) is 5.68. The van der Waals surface area contributed by atoms with Crippen LogP contribution >= 0.6 is 0 Å². The van der Waals surface area contributed by atoms with E-state index in [0.717, 1.165) is 36.4 Å². The predicted octanol–water partition coefficient (Wildman–Crippen LogP) is 5.29. The molecule has 0 atom stereocenters. The summed E-state index contributed by atoms with van der Waals surface area (Å²) in [7, 11) is 7.72. The molecule has 0 saturated heterocycles. The number of para-hydroxylation sites is 1. The van der Waals surface area contributed by atoms with Gasteiger partial charge in [-0.15, -0.1) is 0 Å². The Bertz CT molecular complexity index is 849. The molecule has 2 aromatic rings. The Balaban J connectivity index is 2.14. The van der Waals surface area contributed by atoms with Gasteiger partial charge in [-0.3, -0.25) is 0 Å². The Kier molecular flexibility index (Phi) is 6.36. The van der Waals surface area contributed by atoms with Crippen molar-refractivity contribution in [1.82, 2.24) is 4.90 Å². The normalized spacial score (nSPS) is 16.1. The van der Waals surface area contributed by atoms with Crippen LogP contribution in [0.3, 0.4) is 0 Å². The number of nitrogens with zero attached hydrogens (tertiary/aromatic N) is 1. The van der Waals surface area contributed by atoms with E-state index in [2.05, 4.69) is 55.4 Å². The van der Waals surface area contributed by atoms with Crippen LogP contribution in [0.2, 0.25) is 0 Å². The van der Waals surface area contributed by atoms with Crippen LogP contribution in [-0.2, 0) is 0 Å². The number of benzene rings is 2. The first-order chi connectivity index (χ1) is 13.1. The van der Waals surface area contributed by atoms with Crippen LogP contribution in [0.15, 0.2) is 59.7 Å². The zero-order valence-corrected chi connectivity index (χ0v) is 16.8. The molecule has 0 amide bonds. The number of allylic oxidation sites excluding steroid dienone is 2. The van der Waals surface area contributed by atoms with Gasteiger partial charge in [0.2, 0.25) is 0 Å². The maximum Gasteiger partial charge on any atom is 0.126 e. The van der Waals surface area contributed by atoms with Crippen molar-refractivity contribution in [2.24, 2.45) is 0 Å². The molecule has 142 valence electrons. The topological polar surface area (TPSA) is 21.7 Å². The molecule has 3 heteroatoms. The van der Waals surface area contributed by atoms with Gasteiger partial charge < -0.3 is 14.4 Å². The minimum absolute atomic E-state index is 0.895. The van der Waals surface area contributed by atoms with E-state index in [-0.39, 0.29) is 0 Å². The van der Waals surface area contributed by atoms with Crippen molar-refractivity contribution in [3.8, 4) is 11.5 Å². The van der Waals surface area contributed by atoms with E-state index in [0.29, 0.717) is 0 Å². The summed E-state index contributed by atoms with van der Waals surface area (Å²) >= 11 is 0. The quantitative estimate of drug-likeness (QED) is 0.696. The molecule has 3 rings (SSSR count). The van der Waals surface area contributed by atoms with Gasteiger partial charge in [-0.1, -0.05) is 30.3 Å². The number of rotatable bonds is 6. The van der Waals surface area contributed by atoms with E-state index in [1.807, 2.05) is 18.2 Å². The molecule has 0 saturated carbocycles. The summed E-state index contributed by atoms with van der Waals surface area (Å²) in [6, 6.07) is 16.6. The number of hydrogen-bond acceptors (Lipinski definition) is 3. The van der Waals surface area contributed by atoms with Crippen molar-refractivity contribution in [2.45, 2.75) is 19.3 Å². The second-order valence-corrected chi connectivity index (χ2v) is 7.21. The molecule has 1 aliphatic rings. The third kappa shape index (κ3) is 4.61. The second-order valence-electron chi connectivity index (χ2n) is 7.21. The minimum Gasteiger partial charge on any atom is -0.497 e. The highest BCUT2D eigenvalue weighted by Crippen LogP contribution is 2.39. The highest BCUT2D eigenvalue weighted by molar-refractivity contribution is 5.88. The van der Waals surface area contributed by atoms with E-state index in [9.17, 15) is 0 Å². The lowest BCUT2D eigenvalue weighted by atomic mass is 9.82. The van der Waals surface area contributed by atoms with Gasteiger partial charge in [0.15, 0.2) is 0 Å². The highest BCUT2D eigenvalue weighted by Gasteiger charge is 2.20. The van der Waals surface area contributed by atoms with Crippen molar-refractivity contribution >= 4 is 11.6 Å². The Hall–Kier alpha value is -2.52. The van der Waals surface area contributed by atoms with Crippen LogP contribution in [0, 0.1) is 0 Å². The van der Waals surface area contributed by atoms with Gasteiger partial charge in [-0.2, -0.15) is 0 Å². The average molecular weight is 364 g/mol. The zero-order chi connectivity index (χ0) is 19.2. The minimum atomic E-state index is 0.895. The fraction of sp³-hybridized carbons (Fsp3) is 0.333. The molecule has 2 aromatic carbocycles. The summed E-state index contributed by atoms with van der Waals surface area (Å²) in [5.74, 6) is 1.81. The van der Waals surface area contributed by atoms with Crippen LogP contribution in [-0.4, -0.2) is 39.8 Å².